The molecule has 0 unspecified atom stereocenters. The van der Waals surface area contributed by atoms with Gasteiger partial charge in [-0.2, -0.15) is 4.98 Å². The van der Waals surface area contributed by atoms with E-state index in [1.54, 1.807) is 12.3 Å². The summed E-state index contributed by atoms with van der Waals surface area (Å²) in [5.74, 6) is 2.53. The van der Waals surface area contributed by atoms with E-state index >= 15 is 0 Å². The number of fused-ring (bicyclic) bond motifs is 1. The summed E-state index contributed by atoms with van der Waals surface area (Å²) >= 11 is 0. The fourth-order valence-corrected chi connectivity index (χ4v) is 6.38. The van der Waals surface area contributed by atoms with Gasteiger partial charge in [0.1, 0.15) is 18.5 Å². The molecule has 0 spiro atoms. The minimum Gasteiger partial charge on any atom is -0.489 e. The third-order valence-electron chi connectivity index (χ3n) is 8.26. The van der Waals surface area contributed by atoms with Gasteiger partial charge in [-0.05, 0) is 38.7 Å². The normalized spacial score (nSPS) is 21.4. The largest absolute Gasteiger partial charge is 0.489 e. The Morgan fingerprint density at radius 3 is 2.40 bits per heavy atom. The van der Waals surface area contributed by atoms with Gasteiger partial charge in [-0.1, -0.05) is 0 Å². The first-order chi connectivity index (χ1) is 21.8. The van der Waals surface area contributed by atoms with E-state index in [4.69, 9.17) is 23.9 Å². The minimum absolute atomic E-state index is 0.0462. The fourth-order valence-electron chi connectivity index (χ4n) is 5.84. The third-order valence-corrected chi connectivity index (χ3v) is 8.86. The molecule has 3 aromatic rings. The highest BCUT2D eigenvalue weighted by Crippen LogP contribution is 2.33. The molecule has 1 aliphatic carbocycles. The van der Waals surface area contributed by atoms with E-state index in [9.17, 15) is 8.42 Å². The standard InChI is InChI=1S/C30H42N8O6S/c1-21-27(43-16-9-37-7-12-41-13-8-37)20-32-30(33-21)34-22-3-5-24(6-4-22)44-29-25-17-23(36-45(2,39)40)19-31-26(25)18-28(35-29)38-10-14-42-15-11-38/h17-20,22,24,36H,3-16H2,1-2H3,(H,32,33,34)/t22-,24+. The first kappa shape index (κ1) is 31.5. The molecule has 0 amide bonds. The van der Waals surface area contributed by atoms with Crippen LogP contribution in [0.1, 0.15) is 31.4 Å². The van der Waals surface area contributed by atoms with Gasteiger partial charge in [0.15, 0.2) is 5.75 Å². The molecule has 15 heteroatoms. The number of nitrogens with zero attached hydrogens (tertiary/aromatic N) is 6. The maximum absolute atomic E-state index is 11.9. The van der Waals surface area contributed by atoms with Crippen LogP contribution in [0.5, 0.6) is 11.6 Å². The van der Waals surface area contributed by atoms with Crippen LogP contribution in [0.25, 0.3) is 10.9 Å². The molecular formula is C30H42N8O6S. The van der Waals surface area contributed by atoms with Crippen LogP contribution in [-0.4, -0.2) is 117 Å². The predicted molar refractivity (Wildman–Crippen MR) is 171 cm³/mol. The second kappa shape index (κ2) is 14.3. The lowest BCUT2D eigenvalue weighted by molar-refractivity contribution is 0.0321. The van der Waals surface area contributed by atoms with E-state index < -0.39 is 10.0 Å². The van der Waals surface area contributed by atoms with E-state index in [0.29, 0.717) is 54.0 Å². The van der Waals surface area contributed by atoms with Crippen molar-refractivity contribution in [2.45, 2.75) is 44.8 Å². The van der Waals surface area contributed by atoms with E-state index in [2.05, 4.69) is 34.8 Å². The van der Waals surface area contributed by atoms with Gasteiger partial charge in [-0.15, -0.1) is 0 Å². The Morgan fingerprint density at radius 1 is 0.956 bits per heavy atom. The summed E-state index contributed by atoms with van der Waals surface area (Å²) in [6.45, 7) is 9.52. The zero-order valence-corrected chi connectivity index (χ0v) is 26.7. The molecule has 244 valence electrons. The average molecular weight is 643 g/mol. The number of ether oxygens (including phenoxy) is 4. The summed E-state index contributed by atoms with van der Waals surface area (Å²) in [4.78, 5) is 23.1. The zero-order valence-electron chi connectivity index (χ0n) is 25.9. The highest BCUT2D eigenvalue weighted by atomic mass is 32.2. The number of aromatic nitrogens is 4. The molecule has 2 aliphatic heterocycles. The Kier molecular flexibility index (Phi) is 9.97. The summed E-state index contributed by atoms with van der Waals surface area (Å²) in [5.41, 5.74) is 1.87. The van der Waals surface area contributed by atoms with Crippen molar-refractivity contribution in [3.8, 4) is 11.6 Å². The van der Waals surface area contributed by atoms with Crippen LogP contribution >= 0.6 is 0 Å². The van der Waals surface area contributed by atoms with Gasteiger partial charge in [0.05, 0.1) is 67.4 Å². The van der Waals surface area contributed by atoms with Crippen molar-refractivity contribution in [3.63, 3.8) is 0 Å². The van der Waals surface area contributed by atoms with Crippen LogP contribution in [0.2, 0.25) is 0 Å². The number of hydrogen-bond donors (Lipinski definition) is 2. The molecule has 6 rings (SSSR count). The molecule has 5 heterocycles. The van der Waals surface area contributed by atoms with E-state index in [-0.39, 0.29) is 12.1 Å². The molecule has 0 radical (unpaired) electrons. The Morgan fingerprint density at radius 2 is 1.69 bits per heavy atom. The van der Waals surface area contributed by atoms with Crippen LogP contribution in [0.4, 0.5) is 17.5 Å². The fraction of sp³-hybridized carbons (Fsp3) is 0.600. The monoisotopic (exact) mass is 642 g/mol. The second-order valence-corrected chi connectivity index (χ2v) is 13.5. The van der Waals surface area contributed by atoms with Crippen LogP contribution in [-0.2, 0) is 19.5 Å². The lowest BCUT2D eigenvalue weighted by atomic mass is 9.93. The quantitative estimate of drug-likeness (QED) is 0.315. The molecule has 3 aliphatic rings. The van der Waals surface area contributed by atoms with Crippen molar-refractivity contribution in [1.29, 1.82) is 0 Å². The lowest BCUT2D eigenvalue weighted by Crippen LogP contribution is -2.38. The average Bonchev–Trinajstić information content (AvgIpc) is 3.03. The zero-order chi connectivity index (χ0) is 31.2. The Hall–Kier alpha value is -3.53. The number of sulfonamides is 1. The van der Waals surface area contributed by atoms with Crippen molar-refractivity contribution in [2.24, 2.45) is 0 Å². The number of rotatable bonds is 11. The summed E-state index contributed by atoms with van der Waals surface area (Å²) in [7, 11) is -3.46. The van der Waals surface area contributed by atoms with Crippen molar-refractivity contribution < 1.29 is 27.4 Å². The highest BCUT2D eigenvalue weighted by Gasteiger charge is 2.25. The molecule has 0 aromatic carbocycles. The van der Waals surface area contributed by atoms with Gasteiger partial charge in [-0.25, -0.2) is 18.4 Å². The topological polar surface area (TPSA) is 153 Å². The number of pyridine rings is 2. The molecule has 3 aromatic heterocycles. The van der Waals surface area contributed by atoms with Gasteiger partial charge < -0.3 is 29.2 Å². The van der Waals surface area contributed by atoms with Crippen LogP contribution in [0.15, 0.2) is 24.5 Å². The Bertz CT molecular complexity index is 1560. The summed E-state index contributed by atoms with van der Waals surface area (Å²) in [6.07, 6.45) is 7.73. The number of nitrogens with one attached hydrogen (secondary N) is 2. The van der Waals surface area contributed by atoms with E-state index in [1.807, 2.05) is 13.0 Å². The van der Waals surface area contributed by atoms with Crippen molar-refractivity contribution in [3.05, 3.63) is 30.2 Å². The van der Waals surface area contributed by atoms with Gasteiger partial charge in [-0.3, -0.25) is 14.6 Å². The van der Waals surface area contributed by atoms with E-state index in [1.165, 1.54) is 6.20 Å². The number of anilines is 3. The summed E-state index contributed by atoms with van der Waals surface area (Å²) < 4.78 is 49.6. The maximum Gasteiger partial charge on any atom is 0.229 e. The Labute approximate surface area is 263 Å². The van der Waals surface area contributed by atoms with Crippen molar-refractivity contribution >= 4 is 38.4 Å². The predicted octanol–water partition coefficient (Wildman–Crippen LogP) is 2.45. The molecule has 0 bridgehead atoms. The molecule has 1 saturated carbocycles. The molecule has 2 N–H and O–H groups in total. The van der Waals surface area contributed by atoms with Crippen LogP contribution < -0.4 is 24.4 Å². The maximum atomic E-state index is 11.9. The first-order valence-corrected chi connectivity index (χ1v) is 17.5. The molecule has 0 atom stereocenters. The minimum atomic E-state index is -3.46. The highest BCUT2D eigenvalue weighted by molar-refractivity contribution is 7.92. The molecule has 2 saturated heterocycles. The SMILES string of the molecule is Cc1nc(N[C@H]2CC[C@@H](Oc3nc(N4CCOCC4)cc4ncc(NS(C)(=O)=O)cc34)CC2)ncc1OCCN1CCOCC1. The van der Waals surface area contributed by atoms with Crippen LogP contribution in [0.3, 0.4) is 0 Å². The number of morpholine rings is 2. The summed E-state index contributed by atoms with van der Waals surface area (Å²) in [6, 6.07) is 3.87. The summed E-state index contributed by atoms with van der Waals surface area (Å²) in [5, 5.41) is 4.15. The van der Waals surface area contributed by atoms with Gasteiger partial charge >= 0.3 is 0 Å². The van der Waals surface area contributed by atoms with Crippen molar-refractivity contribution in [1.82, 2.24) is 24.8 Å². The molecule has 14 nitrogen and oxygen atoms in total. The van der Waals surface area contributed by atoms with Gasteiger partial charge in [0.25, 0.3) is 0 Å². The lowest BCUT2D eigenvalue weighted by Gasteiger charge is -2.31. The van der Waals surface area contributed by atoms with Crippen LogP contribution in [0, 0.1) is 6.92 Å². The van der Waals surface area contributed by atoms with Gasteiger partial charge in [0.2, 0.25) is 21.9 Å². The third kappa shape index (κ3) is 8.60. The van der Waals surface area contributed by atoms with Gasteiger partial charge in [0, 0.05) is 44.8 Å². The van der Waals surface area contributed by atoms with Crippen molar-refractivity contribution in [2.75, 3.05) is 87.0 Å². The van der Waals surface area contributed by atoms with E-state index in [0.717, 1.165) is 89.4 Å². The Balaban J connectivity index is 1.07. The number of aryl methyl sites for hydroxylation is 1. The molecule has 45 heavy (non-hydrogen) atoms. The first-order valence-electron chi connectivity index (χ1n) is 15.6. The second-order valence-electron chi connectivity index (χ2n) is 11.7. The number of hydrogen-bond acceptors (Lipinski definition) is 13. The molecular weight excluding hydrogens is 600 g/mol. The smallest absolute Gasteiger partial charge is 0.229 e. The molecule has 3 fully saturated rings.